The molecule has 3 nitrogen and oxygen atoms in total. The molecular formula is C9H14N2O. The Bertz CT molecular complexity index is 209. The van der Waals surface area contributed by atoms with Gasteiger partial charge in [-0.1, -0.05) is 13.8 Å². The third-order valence-corrected chi connectivity index (χ3v) is 2.25. The minimum absolute atomic E-state index is 0.381. The molecule has 1 aliphatic heterocycles. The molecule has 0 aromatic heterocycles. The number of carbonyl (C=O) groups excluding carboxylic acids is 1. The molecule has 1 heterocycles. The Morgan fingerprint density at radius 3 is 2.33 bits per heavy atom. The second kappa shape index (κ2) is 3.57. The van der Waals surface area contributed by atoms with Crippen molar-refractivity contribution in [2.24, 2.45) is 11.8 Å². The summed E-state index contributed by atoms with van der Waals surface area (Å²) in [5, 5.41) is 8.42. The maximum absolute atomic E-state index is 11.0. The molecule has 0 aromatic rings. The zero-order valence-corrected chi connectivity index (χ0v) is 7.58. The quantitative estimate of drug-likeness (QED) is 0.504. The van der Waals surface area contributed by atoms with Crippen molar-refractivity contribution in [1.82, 2.24) is 4.90 Å². The first-order valence-corrected chi connectivity index (χ1v) is 4.32. The van der Waals surface area contributed by atoms with E-state index in [1.54, 1.807) is 11.0 Å². The van der Waals surface area contributed by atoms with Crippen molar-refractivity contribution in [2.75, 3.05) is 13.1 Å². The van der Waals surface area contributed by atoms with Crippen LogP contribution in [0, 0.1) is 23.2 Å². The van der Waals surface area contributed by atoms with E-state index in [-0.39, 0.29) is 5.91 Å². The van der Waals surface area contributed by atoms with Crippen LogP contribution in [0.3, 0.4) is 0 Å². The van der Waals surface area contributed by atoms with E-state index in [2.05, 4.69) is 13.8 Å². The molecule has 0 aliphatic carbocycles. The number of carbonyl (C=O) groups is 1. The highest BCUT2D eigenvalue weighted by Gasteiger charge is 2.24. The van der Waals surface area contributed by atoms with Gasteiger partial charge in [0, 0.05) is 13.1 Å². The van der Waals surface area contributed by atoms with E-state index >= 15 is 0 Å². The highest BCUT2D eigenvalue weighted by molar-refractivity contribution is 5.91. The van der Waals surface area contributed by atoms with Crippen LogP contribution in [0.2, 0.25) is 0 Å². The van der Waals surface area contributed by atoms with Crippen LogP contribution < -0.4 is 0 Å². The normalized spacial score (nSPS) is 29.6. The van der Waals surface area contributed by atoms with Crippen LogP contribution in [0.15, 0.2) is 0 Å². The van der Waals surface area contributed by atoms with Gasteiger partial charge in [-0.05, 0) is 18.3 Å². The molecule has 12 heavy (non-hydrogen) atoms. The van der Waals surface area contributed by atoms with Crippen molar-refractivity contribution in [3.05, 3.63) is 0 Å². The van der Waals surface area contributed by atoms with Gasteiger partial charge in [0.15, 0.2) is 6.07 Å². The molecule has 0 spiro atoms. The number of piperidine rings is 1. The summed E-state index contributed by atoms with van der Waals surface area (Å²) < 4.78 is 0. The van der Waals surface area contributed by atoms with Crippen LogP contribution in [0.4, 0.5) is 0 Å². The maximum Gasteiger partial charge on any atom is 0.324 e. The van der Waals surface area contributed by atoms with E-state index in [4.69, 9.17) is 5.26 Å². The Morgan fingerprint density at radius 2 is 1.92 bits per heavy atom. The number of hydrogen-bond donors (Lipinski definition) is 0. The number of hydrogen-bond acceptors (Lipinski definition) is 2. The Labute approximate surface area is 73.0 Å². The standard InChI is InChI=1S/C9H14N2O/c1-7-3-8(2)6-11(5-7)9(12)4-10/h7-8H,3,5-6H2,1-2H3. The average Bonchev–Trinajstić information content (AvgIpc) is 2.01. The molecule has 3 heteroatoms. The summed E-state index contributed by atoms with van der Waals surface area (Å²) in [5.41, 5.74) is 0. The van der Waals surface area contributed by atoms with E-state index in [1.807, 2.05) is 0 Å². The zero-order valence-electron chi connectivity index (χ0n) is 7.58. The van der Waals surface area contributed by atoms with Crippen molar-refractivity contribution in [1.29, 1.82) is 5.26 Å². The number of likely N-dealkylation sites (tertiary alicyclic amines) is 1. The fourth-order valence-electron chi connectivity index (χ4n) is 1.90. The molecule has 1 saturated heterocycles. The van der Waals surface area contributed by atoms with E-state index < -0.39 is 0 Å². The molecule has 66 valence electrons. The van der Waals surface area contributed by atoms with Gasteiger partial charge in [0.05, 0.1) is 0 Å². The minimum atomic E-state index is -0.381. The lowest BCUT2D eigenvalue weighted by molar-refractivity contribution is -0.127. The summed E-state index contributed by atoms with van der Waals surface area (Å²) in [6.07, 6.45) is 1.16. The van der Waals surface area contributed by atoms with Gasteiger partial charge in [0.25, 0.3) is 0 Å². The fourth-order valence-corrected chi connectivity index (χ4v) is 1.90. The Morgan fingerprint density at radius 1 is 1.42 bits per heavy atom. The topological polar surface area (TPSA) is 44.1 Å². The molecule has 2 atom stereocenters. The average molecular weight is 166 g/mol. The summed E-state index contributed by atoms with van der Waals surface area (Å²) in [6.45, 7) is 5.73. The molecular weight excluding hydrogens is 152 g/mol. The van der Waals surface area contributed by atoms with Gasteiger partial charge in [0.2, 0.25) is 0 Å². The second-order valence-electron chi connectivity index (χ2n) is 3.77. The maximum atomic E-state index is 11.0. The first-order chi connectivity index (χ1) is 5.63. The molecule has 0 aromatic carbocycles. The van der Waals surface area contributed by atoms with Crippen molar-refractivity contribution in [3.63, 3.8) is 0 Å². The third-order valence-electron chi connectivity index (χ3n) is 2.25. The first-order valence-electron chi connectivity index (χ1n) is 4.32. The summed E-state index contributed by atoms with van der Waals surface area (Å²) in [6, 6.07) is 1.66. The van der Waals surface area contributed by atoms with Crippen molar-refractivity contribution in [2.45, 2.75) is 20.3 Å². The predicted molar refractivity (Wildman–Crippen MR) is 45.1 cm³/mol. The molecule has 1 aliphatic rings. The van der Waals surface area contributed by atoms with Crippen LogP contribution in [0.25, 0.3) is 0 Å². The van der Waals surface area contributed by atoms with Crippen LogP contribution in [-0.2, 0) is 4.79 Å². The van der Waals surface area contributed by atoms with E-state index in [0.717, 1.165) is 19.5 Å². The smallest absolute Gasteiger partial charge is 0.324 e. The van der Waals surface area contributed by atoms with Gasteiger partial charge in [-0.3, -0.25) is 4.79 Å². The molecule has 1 rings (SSSR count). The molecule has 2 unspecified atom stereocenters. The number of nitriles is 1. The van der Waals surface area contributed by atoms with Gasteiger partial charge < -0.3 is 4.90 Å². The van der Waals surface area contributed by atoms with Crippen LogP contribution in [-0.4, -0.2) is 23.9 Å². The van der Waals surface area contributed by atoms with Gasteiger partial charge >= 0.3 is 5.91 Å². The Kier molecular flexibility index (Phi) is 2.69. The van der Waals surface area contributed by atoms with Crippen LogP contribution in [0.1, 0.15) is 20.3 Å². The summed E-state index contributed by atoms with van der Waals surface area (Å²) in [7, 11) is 0. The van der Waals surface area contributed by atoms with Gasteiger partial charge in [-0.25, -0.2) is 0 Å². The zero-order chi connectivity index (χ0) is 9.14. The Hall–Kier alpha value is -1.04. The van der Waals surface area contributed by atoms with Crippen molar-refractivity contribution < 1.29 is 4.79 Å². The van der Waals surface area contributed by atoms with Crippen LogP contribution >= 0.6 is 0 Å². The largest absolute Gasteiger partial charge is 0.330 e. The third kappa shape index (κ3) is 1.97. The van der Waals surface area contributed by atoms with E-state index in [9.17, 15) is 4.79 Å². The predicted octanol–water partition coefficient (Wildman–Crippen LogP) is 1.01. The monoisotopic (exact) mass is 166 g/mol. The van der Waals surface area contributed by atoms with Crippen LogP contribution in [0.5, 0.6) is 0 Å². The number of nitrogens with zero attached hydrogens (tertiary/aromatic N) is 2. The van der Waals surface area contributed by atoms with Crippen molar-refractivity contribution >= 4 is 5.91 Å². The number of rotatable bonds is 0. The first kappa shape index (κ1) is 9.05. The van der Waals surface area contributed by atoms with Gasteiger partial charge in [0.1, 0.15) is 0 Å². The molecule has 1 amide bonds. The summed E-state index contributed by atoms with van der Waals surface area (Å²) in [5.74, 6) is 0.686. The highest BCUT2D eigenvalue weighted by atomic mass is 16.2. The SMILES string of the molecule is CC1CC(C)CN(C(=O)C#N)C1. The van der Waals surface area contributed by atoms with E-state index in [0.29, 0.717) is 11.8 Å². The van der Waals surface area contributed by atoms with Gasteiger partial charge in [-0.2, -0.15) is 5.26 Å². The molecule has 0 N–H and O–H groups in total. The Balaban J connectivity index is 2.56. The summed E-state index contributed by atoms with van der Waals surface area (Å²) >= 11 is 0. The molecule has 0 bridgehead atoms. The number of amides is 1. The minimum Gasteiger partial charge on any atom is -0.330 e. The van der Waals surface area contributed by atoms with E-state index in [1.165, 1.54) is 0 Å². The lowest BCUT2D eigenvalue weighted by Gasteiger charge is -2.33. The highest BCUT2D eigenvalue weighted by Crippen LogP contribution is 2.20. The van der Waals surface area contributed by atoms with Crippen molar-refractivity contribution in [3.8, 4) is 6.07 Å². The molecule has 1 fully saturated rings. The second-order valence-corrected chi connectivity index (χ2v) is 3.77. The fraction of sp³-hybridized carbons (Fsp3) is 0.778. The van der Waals surface area contributed by atoms with Gasteiger partial charge in [-0.15, -0.1) is 0 Å². The lowest BCUT2D eigenvalue weighted by Crippen LogP contribution is -2.41. The molecule has 0 radical (unpaired) electrons. The lowest BCUT2D eigenvalue weighted by atomic mass is 9.92. The summed E-state index contributed by atoms with van der Waals surface area (Å²) in [4.78, 5) is 12.7. The molecule has 0 saturated carbocycles.